The van der Waals surface area contributed by atoms with E-state index in [1.807, 2.05) is 36.4 Å². The van der Waals surface area contributed by atoms with E-state index in [-0.39, 0.29) is 0 Å². The van der Waals surface area contributed by atoms with E-state index in [0.717, 1.165) is 27.5 Å². The van der Waals surface area contributed by atoms with Gasteiger partial charge in [0.25, 0.3) is 0 Å². The zero-order chi connectivity index (χ0) is 17.1. The number of thiol groups is 1. The number of nitrogens with zero attached hydrogens (tertiary/aromatic N) is 3. The summed E-state index contributed by atoms with van der Waals surface area (Å²) in [5.41, 5.74) is 8.41. The van der Waals surface area contributed by atoms with Crippen LogP contribution in [0.2, 0.25) is 0 Å². The van der Waals surface area contributed by atoms with Crippen LogP contribution in [0.25, 0.3) is 11.4 Å². The number of benzene rings is 2. The molecule has 0 unspecified atom stereocenters. The number of methoxy groups -OCH3 is 1. The van der Waals surface area contributed by atoms with E-state index in [9.17, 15) is 0 Å². The predicted octanol–water partition coefficient (Wildman–Crippen LogP) is 2.83. The number of ether oxygens (including phenoxy) is 1. The standard InChI is InChI=1S/C16H17N5OS2/c1-22-12-5-2-10(3-6-12)9-24-16-20-19-15(21(16)18)11-4-7-14(23)13(17)8-11/h2-8,23H,9,17-18H2,1H3. The average Bonchev–Trinajstić information content (AvgIpc) is 2.97. The zero-order valence-electron chi connectivity index (χ0n) is 13.0. The van der Waals surface area contributed by atoms with Crippen LogP contribution < -0.4 is 16.3 Å². The van der Waals surface area contributed by atoms with Crippen molar-refractivity contribution in [1.82, 2.24) is 14.9 Å². The molecule has 0 atom stereocenters. The molecule has 0 fully saturated rings. The van der Waals surface area contributed by atoms with Crippen LogP contribution in [0.3, 0.4) is 0 Å². The highest BCUT2D eigenvalue weighted by atomic mass is 32.2. The van der Waals surface area contributed by atoms with Crippen molar-refractivity contribution in [3.05, 3.63) is 48.0 Å². The van der Waals surface area contributed by atoms with Gasteiger partial charge in [-0.2, -0.15) is 0 Å². The molecule has 3 rings (SSSR count). The van der Waals surface area contributed by atoms with Crippen molar-refractivity contribution >= 4 is 30.1 Å². The average molecular weight is 359 g/mol. The van der Waals surface area contributed by atoms with Gasteiger partial charge in [-0.25, -0.2) is 4.68 Å². The van der Waals surface area contributed by atoms with Gasteiger partial charge >= 0.3 is 0 Å². The first-order chi connectivity index (χ1) is 11.6. The largest absolute Gasteiger partial charge is 0.497 e. The van der Waals surface area contributed by atoms with Crippen LogP contribution in [-0.4, -0.2) is 22.0 Å². The van der Waals surface area contributed by atoms with Gasteiger partial charge < -0.3 is 16.3 Å². The molecular weight excluding hydrogens is 342 g/mol. The van der Waals surface area contributed by atoms with Crippen LogP contribution in [0, 0.1) is 0 Å². The number of hydrogen-bond donors (Lipinski definition) is 3. The van der Waals surface area contributed by atoms with Crippen molar-refractivity contribution in [3.8, 4) is 17.1 Å². The summed E-state index contributed by atoms with van der Waals surface area (Å²) in [4.78, 5) is 0.718. The number of nitrogens with two attached hydrogens (primary N) is 2. The highest BCUT2D eigenvalue weighted by molar-refractivity contribution is 7.98. The summed E-state index contributed by atoms with van der Waals surface area (Å²) in [5.74, 6) is 8.25. The first-order valence-electron chi connectivity index (χ1n) is 7.13. The van der Waals surface area contributed by atoms with Gasteiger partial charge in [-0.05, 0) is 35.9 Å². The highest BCUT2D eigenvalue weighted by Gasteiger charge is 2.13. The lowest BCUT2D eigenvalue weighted by molar-refractivity contribution is 0.414. The predicted molar refractivity (Wildman–Crippen MR) is 99.8 cm³/mol. The maximum absolute atomic E-state index is 6.12. The number of thioether (sulfide) groups is 1. The number of rotatable bonds is 5. The third-order valence-electron chi connectivity index (χ3n) is 3.48. The topological polar surface area (TPSA) is 92.0 Å². The van der Waals surface area contributed by atoms with Gasteiger partial charge in [-0.3, -0.25) is 0 Å². The van der Waals surface area contributed by atoms with Crippen molar-refractivity contribution in [3.63, 3.8) is 0 Å². The summed E-state index contributed by atoms with van der Waals surface area (Å²) < 4.78 is 6.63. The molecule has 0 aliphatic rings. The molecule has 24 heavy (non-hydrogen) atoms. The van der Waals surface area contributed by atoms with Crippen molar-refractivity contribution in [2.24, 2.45) is 0 Å². The van der Waals surface area contributed by atoms with Gasteiger partial charge in [0.05, 0.1) is 7.11 Å². The fraction of sp³-hybridized carbons (Fsp3) is 0.125. The van der Waals surface area contributed by atoms with Gasteiger partial charge in [0.1, 0.15) is 5.75 Å². The lowest BCUT2D eigenvalue weighted by Crippen LogP contribution is -2.11. The van der Waals surface area contributed by atoms with Crippen LogP contribution >= 0.6 is 24.4 Å². The Balaban J connectivity index is 1.75. The maximum Gasteiger partial charge on any atom is 0.210 e. The summed E-state index contributed by atoms with van der Waals surface area (Å²) in [7, 11) is 1.65. The van der Waals surface area contributed by atoms with E-state index in [4.69, 9.17) is 16.3 Å². The Labute approximate surface area is 149 Å². The quantitative estimate of drug-likeness (QED) is 0.281. The Morgan fingerprint density at radius 1 is 1.17 bits per heavy atom. The SMILES string of the molecule is COc1ccc(CSc2nnc(-c3ccc(S)c(N)c3)n2N)cc1. The molecular formula is C16H17N5OS2. The van der Waals surface area contributed by atoms with Gasteiger partial charge in [0.2, 0.25) is 5.16 Å². The third-order valence-corrected chi connectivity index (χ3v) is 4.90. The van der Waals surface area contributed by atoms with Crippen molar-refractivity contribution < 1.29 is 4.74 Å². The van der Waals surface area contributed by atoms with Gasteiger partial charge in [-0.15, -0.1) is 22.8 Å². The molecule has 1 aromatic heterocycles. The van der Waals surface area contributed by atoms with Crippen molar-refractivity contribution in [1.29, 1.82) is 0 Å². The van der Waals surface area contributed by atoms with Gasteiger partial charge in [-0.1, -0.05) is 23.9 Å². The molecule has 6 nitrogen and oxygen atoms in total. The van der Waals surface area contributed by atoms with E-state index < -0.39 is 0 Å². The molecule has 4 N–H and O–H groups in total. The van der Waals surface area contributed by atoms with Crippen LogP contribution in [-0.2, 0) is 5.75 Å². The Hall–Kier alpha value is -2.32. The monoisotopic (exact) mass is 359 g/mol. The summed E-state index contributed by atoms with van der Waals surface area (Å²) in [6.07, 6.45) is 0. The van der Waals surface area contributed by atoms with Crippen LogP contribution in [0.4, 0.5) is 5.69 Å². The molecule has 0 saturated carbocycles. The van der Waals surface area contributed by atoms with Crippen LogP contribution in [0.1, 0.15) is 5.56 Å². The van der Waals surface area contributed by atoms with Gasteiger partial charge in [0.15, 0.2) is 5.82 Å². The first kappa shape index (κ1) is 16.5. The second kappa shape index (κ2) is 7.06. The zero-order valence-corrected chi connectivity index (χ0v) is 14.7. The van der Waals surface area contributed by atoms with Crippen molar-refractivity contribution in [2.75, 3.05) is 18.7 Å². The summed E-state index contributed by atoms with van der Waals surface area (Å²) in [5, 5.41) is 8.96. The second-order valence-corrected chi connectivity index (χ2v) is 6.51. The molecule has 2 aromatic carbocycles. The van der Waals surface area contributed by atoms with E-state index in [0.29, 0.717) is 16.7 Å². The fourth-order valence-electron chi connectivity index (χ4n) is 2.14. The van der Waals surface area contributed by atoms with E-state index in [2.05, 4.69) is 22.8 Å². The van der Waals surface area contributed by atoms with Crippen LogP contribution in [0.15, 0.2) is 52.5 Å². The Morgan fingerprint density at radius 3 is 2.58 bits per heavy atom. The Kier molecular flexibility index (Phi) is 4.86. The summed E-state index contributed by atoms with van der Waals surface area (Å²) in [6, 6.07) is 13.3. The summed E-state index contributed by atoms with van der Waals surface area (Å²) in [6.45, 7) is 0. The number of nitrogen functional groups attached to an aromatic ring is 2. The minimum atomic E-state index is 0.562. The number of hydrogen-bond acceptors (Lipinski definition) is 7. The van der Waals surface area contributed by atoms with Gasteiger partial charge in [0, 0.05) is 21.9 Å². The Morgan fingerprint density at radius 2 is 1.92 bits per heavy atom. The molecule has 0 aliphatic heterocycles. The smallest absolute Gasteiger partial charge is 0.210 e. The molecule has 8 heteroatoms. The minimum absolute atomic E-state index is 0.562. The molecule has 0 amide bonds. The number of anilines is 1. The second-order valence-electron chi connectivity index (χ2n) is 5.09. The van der Waals surface area contributed by atoms with E-state index >= 15 is 0 Å². The van der Waals surface area contributed by atoms with E-state index in [1.54, 1.807) is 13.2 Å². The molecule has 0 saturated heterocycles. The normalized spacial score (nSPS) is 10.8. The molecule has 0 aliphatic carbocycles. The van der Waals surface area contributed by atoms with Crippen molar-refractivity contribution in [2.45, 2.75) is 15.8 Å². The molecule has 3 aromatic rings. The Bertz CT molecular complexity index is 848. The highest BCUT2D eigenvalue weighted by Crippen LogP contribution is 2.27. The maximum atomic E-state index is 6.12. The molecule has 124 valence electrons. The first-order valence-corrected chi connectivity index (χ1v) is 8.57. The lowest BCUT2D eigenvalue weighted by Gasteiger charge is -2.06. The molecule has 1 heterocycles. The van der Waals surface area contributed by atoms with Crippen LogP contribution in [0.5, 0.6) is 5.75 Å². The van der Waals surface area contributed by atoms with E-state index in [1.165, 1.54) is 16.4 Å². The molecule has 0 spiro atoms. The lowest BCUT2D eigenvalue weighted by atomic mass is 10.2. The molecule has 0 bridgehead atoms. The number of aromatic nitrogens is 3. The minimum Gasteiger partial charge on any atom is -0.497 e. The fourth-order valence-corrected chi connectivity index (χ4v) is 3.09. The summed E-state index contributed by atoms with van der Waals surface area (Å²) >= 11 is 5.78. The molecule has 0 radical (unpaired) electrons. The third kappa shape index (κ3) is 3.44.